The number of fused-ring (bicyclic) bond motifs is 2. The van der Waals surface area contributed by atoms with Crippen molar-refractivity contribution in [1.82, 2.24) is 4.98 Å². The number of para-hydroxylation sites is 1. The van der Waals surface area contributed by atoms with Gasteiger partial charge in [-0.05, 0) is 23.8 Å². The lowest BCUT2D eigenvalue weighted by Crippen LogP contribution is -2.39. The average Bonchev–Trinajstić information content (AvgIpc) is 3.28. The van der Waals surface area contributed by atoms with Crippen molar-refractivity contribution in [1.29, 1.82) is 0 Å². The predicted octanol–water partition coefficient (Wildman–Crippen LogP) is 4.63. The molecule has 4 aromatic rings. The van der Waals surface area contributed by atoms with Gasteiger partial charge in [0.2, 0.25) is 0 Å². The number of nitrogens with one attached hydrogen (secondary N) is 2. The maximum Gasteiger partial charge on any atom is 0.271 e. The predicted molar refractivity (Wildman–Crippen MR) is 107 cm³/mol. The lowest BCUT2D eigenvalue weighted by Gasteiger charge is -2.29. The van der Waals surface area contributed by atoms with E-state index in [1.807, 2.05) is 54.6 Å². The second kappa shape index (κ2) is 5.79. The van der Waals surface area contributed by atoms with Crippen LogP contribution in [0.25, 0.3) is 10.9 Å². The van der Waals surface area contributed by atoms with Crippen LogP contribution in [0.4, 0.5) is 11.4 Å². The quantitative estimate of drug-likeness (QED) is 0.407. The number of benzene rings is 3. The molecule has 1 aliphatic heterocycles. The fraction of sp³-hybridized carbons (Fsp3) is 0.0455. The Hall–Kier alpha value is -3.93. The van der Waals surface area contributed by atoms with Crippen LogP contribution < -0.4 is 5.32 Å². The molecular weight excluding hydrogens is 354 g/mol. The maximum absolute atomic E-state index is 13.7. The summed E-state index contributed by atoms with van der Waals surface area (Å²) in [5.41, 5.74) is 2.48. The van der Waals surface area contributed by atoms with Gasteiger partial charge in [-0.1, -0.05) is 42.5 Å². The van der Waals surface area contributed by atoms with Gasteiger partial charge in [-0.3, -0.25) is 14.9 Å². The summed E-state index contributed by atoms with van der Waals surface area (Å²) in [7, 11) is 0. The number of Topliss-reactive ketones (excluding diaryl/α,β-unsaturated/α-hetero) is 1. The number of aromatic amines is 1. The Morgan fingerprint density at radius 3 is 2.43 bits per heavy atom. The van der Waals surface area contributed by atoms with Crippen molar-refractivity contribution in [3.05, 3.63) is 106 Å². The van der Waals surface area contributed by atoms with Gasteiger partial charge in [-0.25, -0.2) is 0 Å². The van der Waals surface area contributed by atoms with Crippen LogP contribution in [0.15, 0.2) is 79.0 Å². The lowest BCUT2D eigenvalue weighted by molar-refractivity contribution is -0.384. The maximum atomic E-state index is 13.7. The molecule has 1 aromatic heterocycles. The molecule has 0 aliphatic carbocycles. The smallest absolute Gasteiger partial charge is 0.271 e. The van der Waals surface area contributed by atoms with Crippen molar-refractivity contribution >= 4 is 28.1 Å². The van der Waals surface area contributed by atoms with Crippen LogP contribution in [0.2, 0.25) is 0 Å². The van der Waals surface area contributed by atoms with Crippen molar-refractivity contribution in [3.8, 4) is 0 Å². The number of aromatic nitrogens is 1. The van der Waals surface area contributed by atoms with Gasteiger partial charge in [0.15, 0.2) is 11.3 Å². The molecule has 0 bridgehead atoms. The number of hydrogen-bond acceptors (Lipinski definition) is 4. The third-order valence-corrected chi connectivity index (χ3v) is 5.32. The zero-order chi connectivity index (χ0) is 19.3. The standard InChI is InChI=1S/C22H15N3O3/c26-21-17-8-4-5-9-19(17)24-22(21,14-6-2-1-3-7-14)18-13-23-20-12-15(25(27)28)10-11-16(18)20/h1-13,23-24H. The van der Waals surface area contributed by atoms with Gasteiger partial charge in [0, 0.05) is 40.5 Å². The Morgan fingerprint density at radius 2 is 1.68 bits per heavy atom. The first kappa shape index (κ1) is 16.3. The average molecular weight is 369 g/mol. The number of hydrogen-bond donors (Lipinski definition) is 2. The van der Waals surface area contributed by atoms with Gasteiger partial charge in [0.05, 0.1) is 10.4 Å². The molecule has 0 saturated heterocycles. The van der Waals surface area contributed by atoms with Crippen molar-refractivity contribution < 1.29 is 9.72 Å². The first-order valence-corrected chi connectivity index (χ1v) is 8.85. The summed E-state index contributed by atoms with van der Waals surface area (Å²) in [6, 6.07) is 21.6. The third-order valence-electron chi connectivity index (χ3n) is 5.32. The van der Waals surface area contributed by atoms with Gasteiger partial charge in [-0.15, -0.1) is 0 Å². The van der Waals surface area contributed by atoms with E-state index in [0.717, 1.165) is 22.2 Å². The van der Waals surface area contributed by atoms with Crippen LogP contribution >= 0.6 is 0 Å². The largest absolute Gasteiger partial charge is 0.365 e. The summed E-state index contributed by atoms with van der Waals surface area (Å²) in [4.78, 5) is 27.4. The molecule has 0 amide bonds. The monoisotopic (exact) mass is 369 g/mol. The van der Waals surface area contributed by atoms with E-state index in [1.54, 1.807) is 12.3 Å². The second-order valence-corrected chi connectivity index (χ2v) is 6.81. The molecule has 6 nitrogen and oxygen atoms in total. The van der Waals surface area contributed by atoms with Crippen molar-refractivity contribution in [2.24, 2.45) is 0 Å². The highest BCUT2D eigenvalue weighted by molar-refractivity contribution is 6.17. The number of ketones is 1. The molecule has 6 heteroatoms. The summed E-state index contributed by atoms with van der Waals surface area (Å²) in [6.45, 7) is 0. The molecule has 0 spiro atoms. The van der Waals surface area contributed by atoms with E-state index in [-0.39, 0.29) is 11.5 Å². The van der Waals surface area contributed by atoms with Gasteiger partial charge < -0.3 is 10.3 Å². The van der Waals surface area contributed by atoms with Gasteiger partial charge >= 0.3 is 0 Å². The molecular formula is C22H15N3O3. The summed E-state index contributed by atoms with van der Waals surface area (Å²) < 4.78 is 0. The lowest BCUT2D eigenvalue weighted by atomic mass is 9.79. The molecule has 136 valence electrons. The Labute approximate surface area is 160 Å². The number of nitro benzene ring substituents is 1. The first-order chi connectivity index (χ1) is 13.6. The molecule has 1 aliphatic rings. The van der Waals surface area contributed by atoms with Crippen LogP contribution in [0.3, 0.4) is 0 Å². The Kier molecular flexibility index (Phi) is 3.36. The molecule has 3 aromatic carbocycles. The van der Waals surface area contributed by atoms with Crippen LogP contribution in [0.5, 0.6) is 0 Å². The van der Waals surface area contributed by atoms with Gasteiger partial charge in [-0.2, -0.15) is 0 Å². The number of anilines is 1. The summed E-state index contributed by atoms with van der Waals surface area (Å²) >= 11 is 0. The fourth-order valence-corrected chi connectivity index (χ4v) is 4.03. The number of rotatable bonds is 3. The highest BCUT2D eigenvalue weighted by atomic mass is 16.6. The van der Waals surface area contributed by atoms with Crippen molar-refractivity contribution in [2.75, 3.05) is 5.32 Å². The van der Waals surface area contributed by atoms with Gasteiger partial charge in [0.25, 0.3) is 5.69 Å². The van der Waals surface area contributed by atoms with Crippen molar-refractivity contribution in [2.45, 2.75) is 5.54 Å². The molecule has 0 saturated carbocycles. The first-order valence-electron chi connectivity index (χ1n) is 8.85. The summed E-state index contributed by atoms with van der Waals surface area (Å²) in [6.07, 6.45) is 1.76. The zero-order valence-corrected chi connectivity index (χ0v) is 14.7. The number of H-pyrrole nitrogens is 1. The summed E-state index contributed by atoms with van der Waals surface area (Å²) in [5, 5.41) is 15.3. The van der Waals surface area contributed by atoms with Crippen LogP contribution in [0, 0.1) is 10.1 Å². The van der Waals surface area contributed by atoms with E-state index in [1.165, 1.54) is 12.1 Å². The third kappa shape index (κ3) is 2.11. The SMILES string of the molecule is O=C1c2ccccc2NC1(c1ccccc1)c1c[nH]c2cc([N+](=O)[O-])ccc12. The number of nitro groups is 1. The number of carbonyl (C=O) groups is 1. The second-order valence-electron chi connectivity index (χ2n) is 6.81. The minimum absolute atomic E-state index is 0.00338. The molecule has 2 N–H and O–H groups in total. The molecule has 28 heavy (non-hydrogen) atoms. The highest BCUT2D eigenvalue weighted by Crippen LogP contribution is 2.46. The van der Waals surface area contributed by atoms with E-state index in [0.29, 0.717) is 11.1 Å². The zero-order valence-electron chi connectivity index (χ0n) is 14.7. The molecule has 0 fully saturated rings. The highest BCUT2D eigenvalue weighted by Gasteiger charge is 2.49. The van der Waals surface area contributed by atoms with Crippen molar-refractivity contribution in [3.63, 3.8) is 0 Å². The molecule has 0 radical (unpaired) electrons. The molecule has 1 atom stereocenters. The Balaban J connectivity index is 1.79. The number of non-ortho nitro benzene ring substituents is 1. The van der Waals surface area contributed by atoms with Crippen LogP contribution in [0.1, 0.15) is 21.5 Å². The van der Waals surface area contributed by atoms with Crippen LogP contribution in [-0.4, -0.2) is 15.7 Å². The summed E-state index contributed by atoms with van der Waals surface area (Å²) in [5.74, 6) is -0.0476. The number of nitrogens with zero attached hydrogens (tertiary/aromatic N) is 1. The molecule has 2 heterocycles. The topological polar surface area (TPSA) is 88.0 Å². The minimum Gasteiger partial charge on any atom is -0.365 e. The fourth-order valence-electron chi connectivity index (χ4n) is 4.03. The Morgan fingerprint density at radius 1 is 0.929 bits per heavy atom. The normalized spacial score (nSPS) is 18.1. The van der Waals surface area contributed by atoms with Crippen LogP contribution in [-0.2, 0) is 5.54 Å². The number of carbonyl (C=O) groups excluding carboxylic acids is 1. The van der Waals surface area contributed by atoms with E-state index < -0.39 is 10.5 Å². The Bertz CT molecular complexity index is 1250. The minimum atomic E-state index is -1.10. The molecule has 1 unspecified atom stereocenters. The van der Waals surface area contributed by atoms with E-state index >= 15 is 0 Å². The van der Waals surface area contributed by atoms with E-state index in [4.69, 9.17) is 0 Å². The molecule has 5 rings (SSSR count). The van der Waals surface area contributed by atoms with E-state index in [9.17, 15) is 14.9 Å². The van der Waals surface area contributed by atoms with Gasteiger partial charge in [0.1, 0.15) is 0 Å². The van der Waals surface area contributed by atoms with E-state index in [2.05, 4.69) is 10.3 Å².